The molecule has 112 valence electrons. The number of aliphatic hydroxyl groups is 1. The molecule has 0 radical (unpaired) electrons. The number of esters is 1. The summed E-state index contributed by atoms with van der Waals surface area (Å²) in [6, 6.07) is 16.7. The van der Waals surface area contributed by atoms with Crippen LogP contribution in [0.5, 0.6) is 0 Å². The van der Waals surface area contributed by atoms with E-state index in [0.29, 0.717) is 5.56 Å². The number of ketones is 1. The first kappa shape index (κ1) is 15.5. The minimum absolute atomic E-state index is 0.136. The van der Waals surface area contributed by atoms with Crippen molar-refractivity contribution in [1.29, 1.82) is 0 Å². The molecule has 0 aromatic heterocycles. The van der Waals surface area contributed by atoms with Crippen LogP contribution in [-0.4, -0.2) is 23.5 Å². The average molecular weight is 296 g/mol. The summed E-state index contributed by atoms with van der Waals surface area (Å²) in [6.45, 7) is 1.76. The molecule has 0 saturated heterocycles. The summed E-state index contributed by atoms with van der Waals surface area (Å²) >= 11 is 0. The van der Waals surface area contributed by atoms with Gasteiger partial charge in [-0.1, -0.05) is 54.6 Å². The lowest BCUT2D eigenvalue weighted by Gasteiger charge is -2.03. The maximum absolute atomic E-state index is 12.0. The Hall–Kier alpha value is -2.88. The van der Waals surface area contributed by atoms with E-state index in [1.54, 1.807) is 19.1 Å². The van der Waals surface area contributed by atoms with E-state index in [9.17, 15) is 14.7 Å². The van der Waals surface area contributed by atoms with Gasteiger partial charge in [-0.05, 0) is 18.1 Å². The van der Waals surface area contributed by atoms with Crippen LogP contribution in [0.2, 0.25) is 0 Å². The Bertz CT molecular complexity index is 685. The van der Waals surface area contributed by atoms with Crippen molar-refractivity contribution in [2.75, 3.05) is 6.61 Å². The first-order valence-electron chi connectivity index (χ1n) is 6.89. The van der Waals surface area contributed by atoms with E-state index in [4.69, 9.17) is 0 Å². The molecule has 4 heteroatoms. The number of hydrogen-bond acceptors (Lipinski definition) is 4. The second-order valence-corrected chi connectivity index (χ2v) is 4.56. The summed E-state index contributed by atoms with van der Waals surface area (Å²) in [5, 5.41) is 9.48. The first-order chi connectivity index (χ1) is 10.6. The topological polar surface area (TPSA) is 63.6 Å². The van der Waals surface area contributed by atoms with E-state index < -0.39 is 17.5 Å². The Labute approximate surface area is 128 Å². The molecule has 0 spiro atoms. The zero-order valence-electron chi connectivity index (χ0n) is 12.2. The van der Waals surface area contributed by atoms with Gasteiger partial charge in [-0.2, -0.15) is 0 Å². The molecule has 2 aromatic rings. The van der Waals surface area contributed by atoms with Gasteiger partial charge in [-0.15, -0.1) is 0 Å². The number of rotatable bonds is 5. The molecule has 0 aliphatic carbocycles. The summed E-state index contributed by atoms with van der Waals surface area (Å²) in [5.74, 6) is -2.05. The Balaban J connectivity index is 2.15. The van der Waals surface area contributed by atoms with Crippen LogP contribution >= 0.6 is 0 Å². The van der Waals surface area contributed by atoms with Crippen molar-refractivity contribution in [2.24, 2.45) is 0 Å². The van der Waals surface area contributed by atoms with Gasteiger partial charge in [0.1, 0.15) is 0 Å². The predicted molar refractivity (Wildman–Crippen MR) is 83.6 cm³/mol. The third-order valence-electron chi connectivity index (χ3n) is 3.03. The second-order valence-electron chi connectivity index (χ2n) is 4.56. The molecule has 0 bridgehead atoms. The van der Waals surface area contributed by atoms with Gasteiger partial charge in [0.05, 0.1) is 6.61 Å². The molecule has 0 fully saturated rings. The molecule has 0 aliphatic heterocycles. The van der Waals surface area contributed by atoms with Crippen LogP contribution in [0.3, 0.4) is 0 Å². The molecule has 0 saturated carbocycles. The third kappa shape index (κ3) is 3.82. The van der Waals surface area contributed by atoms with Crippen LogP contribution in [0.4, 0.5) is 0 Å². The van der Waals surface area contributed by atoms with Crippen molar-refractivity contribution in [3.05, 3.63) is 72.0 Å². The Morgan fingerprint density at radius 3 is 2.18 bits per heavy atom. The molecule has 1 N–H and O–H groups in total. The zero-order valence-corrected chi connectivity index (χ0v) is 12.2. The van der Waals surface area contributed by atoms with Crippen LogP contribution in [-0.2, 0) is 9.53 Å². The molecule has 0 aliphatic rings. The molecule has 0 atom stereocenters. The van der Waals surface area contributed by atoms with Gasteiger partial charge in [0, 0.05) is 11.6 Å². The number of ether oxygens (including phenoxy) is 1. The minimum atomic E-state index is -0.906. The number of benzene rings is 2. The minimum Gasteiger partial charge on any atom is -0.502 e. The number of carbonyl (C=O) groups excluding carboxylic acids is 2. The monoisotopic (exact) mass is 296 g/mol. The normalized spacial score (nSPS) is 11.0. The van der Waals surface area contributed by atoms with Crippen LogP contribution in [0.25, 0.3) is 11.1 Å². The fourth-order valence-corrected chi connectivity index (χ4v) is 1.93. The molecule has 2 aromatic carbocycles. The predicted octanol–water partition coefficient (Wildman–Crippen LogP) is 3.54. The fraction of sp³-hybridized carbons (Fsp3) is 0.111. The Morgan fingerprint density at radius 2 is 1.59 bits per heavy atom. The average Bonchev–Trinajstić information content (AvgIpc) is 2.56. The molecule has 2 rings (SSSR count). The van der Waals surface area contributed by atoms with Crippen molar-refractivity contribution in [3.8, 4) is 11.1 Å². The number of carbonyl (C=O) groups is 2. The van der Waals surface area contributed by atoms with Crippen LogP contribution in [0.15, 0.2) is 66.4 Å². The number of allylic oxidation sites excluding steroid dienone is 1. The summed E-state index contributed by atoms with van der Waals surface area (Å²) in [6.07, 6.45) is 0.871. The SMILES string of the molecule is CCOC(=O)/C(O)=C/C(=O)c1ccc(-c2ccccc2)cc1. The molecular weight excluding hydrogens is 280 g/mol. The summed E-state index contributed by atoms with van der Waals surface area (Å²) in [7, 11) is 0. The molecule has 4 nitrogen and oxygen atoms in total. The highest BCUT2D eigenvalue weighted by molar-refractivity contribution is 6.08. The van der Waals surface area contributed by atoms with Crippen molar-refractivity contribution in [1.82, 2.24) is 0 Å². The van der Waals surface area contributed by atoms with Gasteiger partial charge in [0.2, 0.25) is 5.76 Å². The number of aliphatic hydroxyl groups excluding tert-OH is 1. The van der Waals surface area contributed by atoms with Crippen LogP contribution < -0.4 is 0 Å². The summed E-state index contributed by atoms with van der Waals surface area (Å²) in [5.41, 5.74) is 2.41. The van der Waals surface area contributed by atoms with Gasteiger partial charge in [0.15, 0.2) is 5.78 Å². The maximum Gasteiger partial charge on any atom is 0.373 e. The summed E-state index contributed by atoms with van der Waals surface area (Å²) in [4.78, 5) is 23.2. The highest BCUT2D eigenvalue weighted by Crippen LogP contribution is 2.19. The molecule has 0 heterocycles. The highest BCUT2D eigenvalue weighted by atomic mass is 16.5. The van der Waals surface area contributed by atoms with Crippen LogP contribution in [0, 0.1) is 0 Å². The fourth-order valence-electron chi connectivity index (χ4n) is 1.93. The lowest BCUT2D eigenvalue weighted by Crippen LogP contribution is -2.09. The second kappa shape index (κ2) is 7.22. The highest BCUT2D eigenvalue weighted by Gasteiger charge is 2.12. The zero-order chi connectivity index (χ0) is 15.9. The van der Waals surface area contributed by atoms with Crippen molar-refractivity contribution in [2.45, 2.75) is 6.92 Å². The van der Waals surface area contributed by atoms with Crippen LogP contribution in [0.1, 0.15) is 17.3 Å². The van der Waals surface area contributed by atoms with Gasteiger partial charge in [-0.25, -0.2) is 4.79 Å². The molecular formula is C18H16O4. The molecule has 0 unspecified atom stereocenters. The van der Waals surface area contributed by atoms with E-state index in [1.807, 2.05) is 42.5 Å². The summed E-state index contributed by atoms with van der Waals surface area (Å²) < 4.78 is 4.61. The lowest BCUT2D eigenvalue weighted by atomic mass is 10.0. The van der Waals surface area contributed by atoms with Crippen molar-refractivity contribution < 1.29 is 19.4 Å². The van der Waals surface area contributed by atoms with E-state index >= 15 is 0 Å². The quantitative estimate of drug-likeness (QED) is 0.397. The maximum atomic E-state index is 12.0. The first-order valence-corrected chi connectivity index (χ1v) is 6.89. The largest absolute Gasteiger partial charge is 0.502 e. The van der Waals surface area contributed by atoms with Gasteiger partial charge in [-0.3, -0.25) is 4.79 Å². The molecule has 0 amide bonds. The number of hydrogen-bond donors (Lipinski definition) is 1. The van der Waals surface area contributed by atoms with E-state index in [0.717, 1.165) is 17.2 Å². The third-order valence-corrected chi connectivity index (χ3v) is 3.03. The Morgan fingerprint density at radius 1 is 1.00 bits per heavy atom. The van der Waals surface area contributed by atoms with Gasteiger partial charge < -0.3 is 9.84 Å². The smallest absolute Gasteiger partial charge is 0.373 e. The molecule has 22 heavy (non-hydrogen) atoms. The van der Waals surface area contributed by atoms with E-state index in [1.165, 1.54) is 0 Å². The van der Waals surface area contributed by atoms with Crippen molar-refractivity contribution in [3.63, 3.8) is 0 Å². The Kier molecular flexibility index (Phi) is 5.09. The van der Waals surface area contributed by atoms with Gasteiger partial charge in [0.25, 0.3) is 0 Å². The lowest BCUT2D eigenvalue weighted by molar-refractivity contribution is -0.141. The van der Waals surface area contributed by atoms with Crippen molar-refractivity contribution >= 4 is 11.8 Å². The van der Waals surface area contributed by atoms with E-state index in [-0.39, 0.29) is 6.61 Å². The standard InChI is InChI=1S/C18H16O4/c1-2-22-18(21)17(20)12-16(19)15-10-8-14(9-11-15)13-6-4-3-5-7-13/h3-12,20H,2H2,1H3/b17-12-. The van der Waals surface area contributed by atoms with E-state index in [2.05, 4.69) is 4.74 Å². The van der Waals surface area contributed by atoms with Gasteiger partial charge >= 0.3 is 5.97 Å².